The fourth-order valence-electron chi connectivity index (χ4n) is 2.42. The number of Topliss-reactive ketones (excluding diaryl/α,β-unsaturated/α-hetero) is 1. The first kappa shape index (κ1) is 13.1. The summed E-state index contributed by atoms with van der Waals surface area (Å²) < 4.78 is 5.37. The van der Waals surface area contributed by atoms with Gasteiger partial charge >= 0.3 is 0 Å². The number of carbonyl (C=O) groups excluding carboxylic acids is 1. The second-order valence-electron chi connectivity index (χ2n) is 5.52. The minimum Gasteiger partial charge on any atom is -0.496 e. The molecule has 1 heterocycles. The maximum absolute atomic E-state index is 11.6. The number of hydrogen-bond acceptors (Lipinski definition) is 3. The van der Waals surface area contributed by atoms with E-state index in [9.17, 15) is 4.79 Å². The van der Waals surface area contributed by atoms with Crippen LogP contribution >= 0.6 is 0 Å². The van der Waals surface area contributed by atoms with Gasteiger partial charge in [0, 0.05) is 24.1 Å². The number of para-hydroxylation sites is 1. The molecule has 3 heteroatoms. The molecule has 1 aliphatic heterocycles. The number of likely N-dealkylation sites (tertiary alicyclic amines) is 1. The topological polar surface area (TPSA) is 29.5 Å². The number of methoxy groups -OCH3 is 1. The van der Waals surface area contributed by atoms with Crippen molar-refractivity contribution < 1.29 is 9.53 Å². The fraction of sp³-hybridized carbons (Fsp3) is 0.533. The third-order valence-corrected chi connectivity index (χ3v) is 3.79. The minimum absolute atomic E-state index is 0.0781. The molecular formula is C15H21NO2. The molecule has 1 aliphatic rings. The lowest BCUT2D eigenvalue weighted by atomic mass is 9.89. The molecule has 0 bridgehead atoms. The number of ether oxygens (including phenoxy) is 1. The van der Waals surface area contributed by atoms with Crippen molar-refractivity contribution in [2.24, 2.45) is 0 Å². The maximum Gasteiger partial charge on any atom is 0.146 e. The standard InChI is InChI=1S/C15H21NO2/c1-15(2)9-8-13(17)11-16(15)10-12-6-4-5-7-14(12)18-3/h4-7H,8-11H2,1-3H3. The van der Waals surface area contributed by atoms with Crippen LogP contribution in [0.4, 0.5) is 0 Å². The molecule has 1 aromatic carbocycles. The largest absolute Gasteiger partial charge is 0.496 e. The van der Waals surface area contributed by atoms with Crippen molar-refractivity contribution in [2.75, 3.05) is 13.7 Å². The van der Waals surface area contributed by atoms with Crippen molar-refractivity contribution in [2.45, 2.75) is 38.8 Å². The summed E-state index contributed by atoms with van der Waals surface area (Å²) in [5, 5.41) is 0. The quantitative estimate of drug-likeness (QED) is 0.822. The molecule has 3 nitrogen and oxygen atoms in total. The minimum atomic E-state index is 0.0781. The Hall–Kier alpha value is -1.35. The number of rotatable bonds is 3. The second kappa shape index (κ2) is 5.11. The van der Waals surface area contributed by atoms with Gasteiger partial charge in [0.05, 0.1) is 13.7 Å². The van der Waals surface area contributed by atoms with Crippen LogP contribution in [0.15, 0.2) is 24.3 Å². The molecular weight excluding hydrogens is 226 g/mol. The average molecular weight is 247 g/mol. The van der Waals surface area contributed by atoms with Crippen LogP contribution in [0.1, 0.15) is 32.3 Å². The molecule has 18 heavy (non-hydrogen) atoms. The van der Waals surface area contributed by atoms with Crippen LogP contribution in [0.3, 0.4) is 0 Å². The summed E-state index contributed by atoms with van der Waals surface area (Å²) >= 11 is 0. The van der Waals surface area contributed by atoms with Gasteiger partial charge in [-0.3, -0.25) is 9.69 Å². The molecule has 0 amide bonds. The number of ketones is 1. The Balaban J connectivity index is 2.18. The maximum atomic E-state index is 11.6. The molecule has 0 spiro atoms. The van der Waals surface area contributed by atoms with Gasteiger partial charge in [-0.25, -0.2) is 0 Å². The number of piperidine rings is 1. The molecule has 0 unspecified atom stereocenters. The van der Waals surface area contributed by atoms with Gasteiger partial charge in [0.15, 0.2) is 0 Å². The highest BCUT2D eigenvalue weighted by molar-refractivity contribution is 5.81. The van der Waals surface area contributed by atoms with Crippen molar-refractivity contribution in [3.63, 3.8) is 0 Å². The van der Waals surface area contributed by atoms with Gasteiger partial charge in [-0.1, -0.05) is 18.2 Å². The van der Waals surface area contributed by atoms with E-state index in [0.717, 1.165) is 24.3 Å². The molecule has 0 radical (unpaired) electrons. The van der Waals surface area contributed by atoms with E-state index in [1.165, 1.54) is 0 Å². The third-order valence-electron chi connectivity index (χ3n) is 3.79. The van der Waals surface area contributed by atoms with Gasteiger partial charge in [0.25, 0.3) is 0 Å². The summed E-state index contributed by atoms with van der Waals surface area (Å²) in [6.07, 6.45) is 1.64. The first-order valence-electron chi connectivity index (χ1n) is 6.41. The molecule has 0 aromatic heterocycles. The fourth-order valence-corrected chi connectivity index (χ4v) is 2.42. The van der Waals surface area contributed by atoms with E-state index < -0.39 is 0 Å². The zero-order valence-electron chi connectivity index (χ0n) is 11.4. The lowest BCUT2D eigenvalue weighted by Crippen LogP contribution is -2.50. The van der Waals surface area contributed by atoms with Crippen LogP contribution < -0.4 is 4.74 Å². The molecule has 98 valence electrons. The van der Waals surface area contributed by atoms with Gasteiger partial charge in [0.1, 0.15) is 11.5 Å². The monoisotopic (exact) mass is 247 g/mol. The van der Waals surface area contributed by atoms with E-state index in [-0.39, 0.29) is 5.54 Å². The Morgan fingerprint density at radius 3 is 2.78 bits per heavy atom. The van der Waals surface area contributed by atoms with E-state index in [0.29, 0.717) is 18.7 Å². The molecule has 1 aromatic rings. The summed E-state index contributed by atoms with van der Waals surface area (Å²) in [5.41, 5.74) is 1.22. The van der Waals surface area contributed by atoms with Crippen LogP contribution in [0.25, 0.3) is 0 Å². The summed E-state index contributed by atoms with van der Waals surface area (Å²) in [6.45, 7) is 5.72. The summed E-state index contributed by atoms with van der Waals surface area (Å²) in [5.74, 6) is 1.23. The Labute approximate surface area is 109 Å². The van der Waals surface area contributed by atoms with E-state index in [1.807, 2.05) is 18.2 Å². The zero-order chi connectivity index (χ0) is 13.2. The molecule has 0 N–H and O–H groups in total. The van der Waals surface area contributed by atoms with Gasteiger partial charge in [-0.2, -0.15) is 0 Å². The van der Waals surface area contributed by atoms with Crippen LogP contribution in [-0.4, -0.2) is 29.9 Å². The molecule has 0 atom stereocenters. The first-order valence-corrected chi connectivity index (χ1v) is 6.41. The van der Waals surface area contributed by atoms with Gasteiger partial charge in [-0.15, -0.1) is 0 Å². The Morgan fingerprint density at radius 1 is 1.33 bits per heavy atom. The van der Waals surface area contributed by atoms with Crippen LogP contribution in [-0.2, 0) is 11.3 Å². The van der Waals surface area contributed by atoms with Crippen LogP contribution in [0.5, 0.6) is 5.75 Å². The zero-order valence-corrected chi connectivity index (χ0v) is 11.4. The smallest absolute Gasteiger partial charge is 0.146 e. The van der Waals surface area contributed by atoms with Gasteiger partial charge in [0.2, 0.25) is 0 Å². The Kier molecular flexibility index (Phi) is 3.71. The third kappa shape index (κ3) is 2.72. The molecule has 1 fully saturated rings. The number of nitrogens with zero attached hydrogens (tertiary/aromatic N) is 1. The van der Waals surface area contributed by atoms with Crippen molar-refractivity contribution in [1.82, 2.24) is 4.90 Å². The average Bonchev–Trinajstić information content (AvgIpc) is 2.35. The van der Waals surface area contributed by atoms with E-state index in [2.05, 4.69) is 24.8 Å². The first-order chi connectivity index (χ1) is 8.53. The predicted molar refractivity (Wildman–Crippen MR) is 71.7 cm³/mol. The predicted octanol–water partition coefficient (Wildman–Crippen LogP) is 2.64. The summed E-state index contributed by atoms with van der Waals surface area (Å²) in [6, 6.07) is 8.01. The summed E-state index contributed by atoms with van der Waals surface area (Å²) in [4.78, 5) is 13.9. The lowest BCUT2D eigenvalue weighted by molar-refractivity contribution is -0.126. The lowest BCUT2D eigenvalue weighted by Gasteiger charge is -2.41. The van der Waals surface area contributed by atoms with Crippen LogP contribution in [0, 0.1) is 0 Å². The van der Waals surface area contributed by atoms with E-state index >= 15 is 0 Å². The number of benzene rings is 1. The van der Waals surface area contributed by atoms with E-state index in [1.54, 1.807) is 7.11 Å². The Bertz CT molecular complexity index is 440. The van der Waals surface area contributed by atoms with Crippen molar-refractivity contribution in [3.05, 3.63) is 29.8 Å². The van der Waals surface area contributed by atoms with Crippen molar-refractivity contribution in [1.29, 1.82) is 0 Å². The van der Waals surface area contributed by atoms with Crippen molar-refractivity contribution >= 4 is 5.78 Å². The number of carbonyl (C=O) groups is 1. The summed E-state index contributed by atoms with van der Waals surface area (Å²) in [7, 11) is 1.69. The van der Waals surface area contributed by atoms with Crippen LogP contribution in [0.2, 0.25) is 0 Å². The highest BCUT2D eigenvalue weighted by atomic mass is 16.5. The van der Waals surface area contributed by atoms with Gasteiger partial charge in [-0.05, 0) is 26.3 Å². The molecule has 1 saturated heterocycles. The number of hydrogen-bond donors (Lipinski definition) is 0. The highest BCUT2D eigenvalue weighted by Crippen LogP contribution is 2.29. The molecule has 2 rings (SSSR count). The molecule has 0 saturated carbocycles. The van der Waals surface area contributed by atoms with Gasteiger partial charge < -0.3 is 4.74 Å². The normalized spacial score (nSPS) is 19.8. The highest BCUT2D eigenvalue weighted by Gasteiger charge is 2.33. The van der Waals surface area contributed by atoms with Crippen molar-refractivity contribution in [3.8, 4) is 5.75 Å². The second-order valence-corrected chi connectivity index (χ2v) is 5.52. The SMILES string of the molecule is COc1ccccc1CN1CC(=O)CCC1(C)C. The molecule has 0 aliphatic carbocycles. The van der Waals surface area contributed by atoms with E-state index in [4.69, 9.17) is 4.74 Å². The Morgan fingerprint density at radius 2 is 2.06 bits per heavy atom.